The van der Waals surface area contributed by atoms with Gasteiger partial charge in [0.15, 0.2) is 0 Å². The van der Waals surface area contributed by atoms with Crippen molar-refractivity contribution in [1.29, 1.82) is 0 Å². The van der Waals surface area contributed by atoms with Gasteiger partial charge in [0.25, 0.3) is 0 Å². The summed E-state index contributed by atoms with van der Waals surface area (Å²) in [5, 5.41) is 6.66. The molecule has 0 aliphatic heterocycles. The van der Waals surface area contributed by atoms with Crippen LogP contribution in [0.15, 0.2) is 28.4 Å². The van der Waals surface area contributed by atoms with Crippen molar-refractivity contribution >= 4 is 12.2 Å². The normalized spacial score (nSPS) is 11.1. The fourth-order valence-corrected chi connectivity index (χ4v) is 1.15. The van der Waals surface area contributed by atoms with Crippen LogP contribution in [-0.4, -0.2) is 25.4 Å². The summed E-state index contributed by atoms with van der Waals surface area (Å²) >= 11 is 0. The molecule has 6 nitrogen and oxygen atoms in total. The van der Waals surface area contributed by atoms with Gasteiger partial charge in [-0.05, 0) is 12.1 Å². The van der Waals surface area contributed by atoms with Crippen molar-refractivity contribution in [2.45, 2.75) is 13.2 Å². The largest absolute Gasteiger partial charge is 0.435 e. The second-order valence-corrected chi connectivity index (χ2v) is 3.23. The lowest BCUT2D eigenvalue weighted by Crippen LogP contribution is -2.21. The van der Waals surface area contributed by atoms with E-state index in [1.807, 2.05) is 0 Å². The molecule has 0 aliphatic rings. The molecular formula is C10H10F4N4O2. The highest BCUT2D eigenvalue weighted by Crippen LogP contribution is 2.26. The van der Waals surface area contributed by atoms with E-state index in [9.17, 15) is 17.6 Å². The van der Waals surface area contributed by atoms with Crippen LogP contribution < -0.4 is 20.9 Å². The molecule has 1 aromatic carbocycles. The summed E-state index contributed by atoms with van der Waals surface area (Å²) in [7, 11) is 0. The van der Waals surface area contributed by atoms with Gasteiger partial charge in [-0.1, -0.05) is 0 Å². The third-order valence-corrected chi connectivity index (χ3v) is 1.80. The highest BCUT2D eigenvalue weighted by molar-refractivity contribution is 5.85. The van der Waals surface area contributed by atoms with E-state index in [4.69, 9.17) is 11.5 Å². The molecule has 0 spiro atoms. The molecule has 0 amide bonds. The molecule has 0 radical (unpaired) electrons. The van der Waals surface area contributed by atoms with Gasteiger partial charge in [-0.25, -0.2) is 0 Å². The molecule has 0 heterocycles. The van der Waals surface area contributed by atoms with Gasteiger partial charge >= 0.3 is 13.2 Å². The summed E-state index contributed by atoms with van der Waals surface area (Å²) in [6, 6.07) is 3.18. The van der Waals surface area contributed by atoms with Gasteiger partial charge in [-0.2, -0.15) is 22.7 Å². The van der Waals surface area contributed by atoms with Crippen molar-refractivity contribution in [3.8, 4) is 11.5 Å². The molecule has 0 saturated carbocycles. The van der Waals surface area contributed by atoms with Crippen LogP contribution >= 0.6 is 0 Å². The Morgan fingerprint density at radius 2 is 1.75 bits per heavy atom. The molecule has 10 heteroatoms. The Balaban J connectivity index is 3.03. The smallest absolute Gasteiger partial charge is 0.387 e. The maximum atomic E-state index is 12.2. The predicted octanol–water partition coefficient (Wildman–Crippen LogP) is 1.50. The number of guanidine groups is 1. The van der Waals surface area contributed by atoms with E-state index in [0.717, 1.165) is 18.3 Å². The predicted molar refractivity (Wildman–Crippen MR) is 63.1 cm³/mol. The minimum Gasteiger partial charge on any atom is -0.435 e. The molecule has 110 valence electrons. The zero-order valence-corrected chi connectivity index (χ0v) is 9.84. The van der Waals surface area contributed by atoms with Gasteiger partial charge in [-0.15, -0.1) is 5.10 Å². The van der Waals surface area contributed by atoms with Crippen LogP contribution in [-0.2, 0) is 0 Å². The Kier molecular flexibility index (Phi) is 5.56. The molecule has 20 heavy (non-hydrogen) atoms. The van der Waals surface area contributed by atoms with Crippen molar-refractivity contribution in [3.63, 3.8) is 0 Å². The molecule has 4 N–H and O–H groups in total. The summed E-state index contributed by atoms with van der Waals surface area (Å²) in [6.07, 6.45) is 1.02. The number of benzene rings is 1. The van der Waals surface area contributed by atoms with Gasteiger partial charge < -0.3 is 20.9 Å². The van der Waals surface area contributed by atoms with Crippen LogP contribution in [0.25, 0.3) is 0 Å². The Bertz CT molecular complexity index is 504. The zero-order valence-electron chi connectivity index (χ0n) is 9.84. The van der Waals surface area contributed by atoms with E-state index < -0.39 is 19.0 Å². The lowest BCUT2D eigenvalue weighted by molar-refractivity contribution is -0.0543. The Labute approximate surface area is 110 Å². The van der Waals surface area contributed by atoms with E-state index >= 15 is 0 Å². The molecule has 1 rings (SSSR count). The van der Waals surface area contributed by atoms with Crippen molar-refractivity contribution < 1.29 is 27.0 Å². The van der Waals surface area contributed by atoms with Gasteiger partial charge in [0.2, 0.25) is 5.96 Å². The van der Waals surface area contributed by atoms with Gasteiger partial charge in [0, 0.05) is 11.6 Å². The van der Waals surface area contributed by atoms with Crippen LogP contribution in [0.4, 0.5) is 17.6 Å². The number of ether oxygens (including phenoxy) is 2. The second-order valence-electron chi connectivity index (χ2n) is 3.23. The summed E-state index contributed by atoms with van der Waals surface area (Å²) < 4.78 is 56.7. The Hall–Kier alpha value is -2.52. The van der Waals surface area contributed by atoms with Crippen molar-refractivity contribution in [2.24, 2.45) is 21.7 Å². The molecule has 0 fully saturated rings. The van der Waals surface area contributed by atoms with E-state index in [1.165, 1.54) is 6.07 Å². The minimum atomic E-state index is -3.15. The zero-order chi connectivity index (χ0) is 15.1. The van der Waals surface area contributed by atoms with Crippen LogP contribution in [0.1, 0.15) is 5.56 Å². The first kappa shape index (κ1) is 15.5. The summed E-state index contributed by atoms with van der Waals surface area (Å²) in [5.41, 5.74) is 10.1. The number of hydrogen-bond acceptors (Lipinski definition) is 4. The highest BCUT2D eigenvalue weighted by Gasteiger charge is 2.12. The maximum Gasteiger partial charge on any atom is 0.387 e. The lowest BCUT2D eigenvalue weighted by Gasteiger charge is -2.10. The van der Waals surface area contributed by atoms with E-state index in [2.05, 4.69) is 19.7 Å². The topological polar surface area (TPSA) is 95.2 Å². The minimum absolute atomic E-state index is 0.0527. The third-order valence-electron chi connectivity index (χ3n) is 1.80. The molecule has 0 saturated heterocycles. The number of nitrogens with two attached hydrogens (primary N) is 2. The molecule has 0 aromatic heterocycles. The van der Waals surface area contributed by atoms with E-state index in [0.29, 0.717) is 0 Å². The maximum absolute atomic E-state index is 12.2. The molecule has 0 atom stereocenters. The first-order valence-corrected chi connectivity index (χ1v) is 5.04. The van der Waals surface area contributed by atoms with Crippen LogP contribution in [0.2, 0.25) is 0 Å². The average Bonchev–Trinajstić information content (AvgIpc) is 2.29. The van der Waals surface area contributed by atoms with Crippen LogP contribution in [0, 0.1) is 0 Å². The Morgan fingerprint density at radius 1 is 1.10 bits per heavy atom. The SMILES string of the molecule is NC(N)=N/N=C\c1ccc(OC(F)F)cc1OC(F)F. The monoisotopic (exact) mass is 294 g/mol. The number of alkyl halides is 4. The molecule has 0 aliphatic carbocycles. The number of hydrogen-bond donors (Lipinski definition) is 2. The molecule has 0 bridgehead atoms. The first-order chi connectivity index (χ1) is 9.38. The number of nitrogens with zero attached hydrogens (tertiary/aromatic N) is 2. The van der Waals surface area contributed by atoms with E-state index in [-0.39, 0.29) is 17.3 Å². The van der Waals surface area contributed by atoms with Gasteiger partial charge in [0.05, 0.1) is 6.21 Å². The first-order valence-electron chi connectivity index (χ1n) is 5.04. The third kappa shape index (κ3) is 5.42. The van der Waals surface area contributed by atoms with Crippen molar-refractivity contribution in [2.75, 3.05) is 0 Å². The average molecular weight is 294 g/mol. The van der Waals surface area contributed by atoms with E-state index in [1.54, 1.807) is 0 Å². The second kappa shape index (κ2) is 7.16. The fourth-order valence-electron chi connectivity index (χ4n) is 1.15. The Morgan fingerprint density at radius 3 is 2.30 bits per heavy atom. The molecule has 0 unspecified atom stereocenters. The fraction of sp³-hybridized carbons (Fsp3) is 0.200. The molecular weight excluding hydrogens is 284 g/mol. The van der Waals surface area contributed by atoms with Crippen molar-refractivity contribution in [1.82, 2.24) is 0 Å². The van der Waals surface area contributed by atoms with Crippen LogP contribution in [0.5, 0.6) is 11.5 Å². The van der Waals surface area contributed by atoms with Gasteiger partial charge in [-0.3, -0.25) is 0 Å². The number of rotatable bonds is 6. The van der Waals surface area contributed by atoms with Gasteiger partial charge in [0.1, 0.15) is 11.5 Å². The van der Waals surface area contributed by atoms with Crippen LogP contribution in [0.3, 0.4) is 0 Å². The highest BCUT2D eigenvalue weighted by atomic mass is 19.3. The quantitative estimate of drug-likeness (QED) is 0.360. The lowest BCUT2D eigenvalue weighted by atomic mass is 10.2. The standard InChI is InChI=1S/C10H10F4N4O2/c11-8(12)19-6-2-1-5(4-17-18-10(15)16)7(3-6)20-9(13)14/h1-4,8-9H,(H4,15,16,18)/b17-4-. The molecule has 1 aromatic rings. The van der Waals surface area contributed by atoms with Crippen molar-refractivity contribution in [3.05, 3.63) is 23.8 Å². The summed E-state index contributed by atoms with van der Waals surface area (Å²) in [4.78, 5) is 0. The number of halogens is 4. The summed E-state index contributed by atoms with van der Waals surface area (Å²) in [5.74, 6) is -1.09. The summed E-state index contributed by atoms with van der Waals surface area (Å²) in [6.45, 7) is -6.23.